The summed E-state index contributed by atoms with van der Waals surface area (Å²) in [6.07, 6.45) is 4.30. The molecule has 2 aliphatic heterocycles. The zero-order valence-electron chi connectivity index (χ0n) is 29.0. The van der Waals surface area contributed by atoms with Crippen LogP contribution in [0.4, 0.5) is 0 Å². The molecule has 8 heteroatoms. The van der Waals surface area contributed by atoms with Gasteiger partial charge in [-0.25, -0.2) is 0 Å². The number of nitrogens with zero attached hydrogens (tertiary/aromatic N) is 4. The third kappa shape index (κ3) is 16.6. The minimum absolute atomic E-state index is 0.169. The Labute approximate surface area is 263 Å². The molecule has 43 heavy (non-hydrogen) atoms. The number of aliphatic hydroxyl groups is 1. The summed E-state index contributed by atoms with van der Waals surface area (Å²) >= 11 is 0. The van der Waals surface area contributed by atoms with Gasteiger partial charge in [0.1, 0.15) is 0 Å². The van der Waals surface area contributed by atoms with Crippen LogP contribution in [0.5, 0.6) is 0 Å². The molecule has 1 N–H and O–H groups in total. The van der Waals surface area contributed by atoms with E-state index < -0.39 is 0 Å². The lowest BCUT2D eigenvalue weighted by atomic mass is 10.0. The van der Waals surface area contributed by atoms with Crippen molar-refractivity contribution in [3.05, 3.63) is 71.8 Å². The molecule has 2 amide bonds. The number of rotatable bonds is 4. The first-order chi connectivity index (χ1) is 20.8. The molecule has 4 rings (SSSR count). The Morgan fingerprint density at radius 3 is 1.05 bits per heavy atom. The van der Waals surface area contributed by atoms with Crippen molar-refractivity contribution in [2.45, 2.75) is 65.5 Å². The first-order valence-corrected chi connectivity index (χ1v) is 15.6. The van der Waals surface area contributed by atoms with Crippen molar-refractivity contribution in [3.63, 3.8) is 0 Å². The molecule has 2 aromatic carbocycles. The lowest BCUT2D eigenvalue weighted by Gasteiger charge is -2.35. The standard InChI is InChI=1S/2C14H20N2O.C2H6O.2C2H6.CH4O/c2*1-15(2)13-8-10-16(11-9-13)14(17)12-6-4-3-5-7-12;1-3-2;3*1-2/h2*3-7,13H,8-11H2,1-2H3;1-2H3;2*1-2H3;2H,1H3. The van der Waals surface area contributed by atoms with Crippen molar-refractivity contribution >= 4 is 11.8 Å². The molecule has 2 heterocycles. The molecule has 0 radical (unpaired) electrons. The van der Waals surface area contributed by atoms with Crippen LogP contribution < -0.4 is 0 Å². The molecular weight excluding hydrogens is 540 g/mol. The minimum atomic E-state index is 0.169. The number of likely N-dealkylation sites (tertiary alicyclic amines) is 2. The maximum atomic E-state index is 12.2. The summed E-state index contributed by atoms with van der Waals surface area (Å²) in [5.74, 6) is 0.339. The minimum Gasteiger partial charge on any atom is -0.400 e. The number of piperidine rings is 2. The highest BCUT2D eigenvalue weighted by molar-refractivity contribution is 5.94. The molecule has 0 spiro atoms. The van der Waals surface area contributed by atoms with Gasteiger partial charge in [-0.2, -0.15) is 0 Å². The summed E-state index contributed by atoms with van der Waals surface area (Å²) in [7, 11) is 12.7. The molecule has 0 aliphatic carbocycles. The molecule has 0 saturated carbocycles. The van der Waals surface area contributed by atoms with Gasteiger partial charge >= 0.3 is 0 Å². The van der Waals surface area contributed by atoms with Gasteiger partial charge < -0.3 is 29.4 Å². The third-order valence-electron chi connectivity index (χ3n) is 7.01. The van der Waals surface area contributed by atoms with Gasteiger partial charge in [-0.1, -0.05) is 64.1 Å². The van der Waals surface area contributed by atoms with Crippen LogP contribution in [0, 0.1) is 0 Å². The summed E-state index contributed by atoms with van der Waals surface area (Å²) < 4.78 is 4.25. The Balaban J connectivity index is 0. The number of methoxy groups -OCH3 is 1. The van der Waals surface area contributed by atoms with Gasteiger partial charge in [0.2, 0.25) is 0 Å². The number of amides is 2. The molecule has 2 fully saturated rings. The molecule has 2 aromatic rings. The third-order valence-corrected chi connectivity index (χ3v) is 7.01. The highest BCUT2D eigenvalue weighted by Crippen LogP contribution is 2.17. The number of hydrogen-bond donors (Lipinski definition) is 1. The summed E-state index contributed by atoms with van der Waals surface area (Å²) in [5.41, 5.74) is 1.60. The van der Waals surface area contributed by atoms with E-state index in [4.69, 9.17) is 5.11 Å². The second kappa shape index (κ2) is 26.8. The number of carbonyl (C=O) groups excluding carboxylic acids is 2. The van der Waals surface area contributed by atoms with Crippen molar-refractivity contribution in [1.82, 2.24) is 19.6 Å². The van der Waals surface area contributed by atoms with Crippen LogP contribution in [-0.4, -0.2) is 124 Å². The maximum absolute atomic E-state index is 12.2. The summed E-state index contributed by atoms with van der Waals surface area (Å²) in [4.78, 5) is 32.8. The highest BCUT2D eigenvalue weighted by Gasteiger charge is 2.25. The highest BCUT2D eigenvalue weighted by atomic mass is 16.4. The first kappa shape index (κ1) is 42.4. The zero-order chi connectivity index (χ0) is 33.2. The van der Waals surface area contributed by atoms with Crippen molar-refractivity contribution in [3.8, 4) is 0 Å². The van der Waals surface area contributed by atoms with Crippen LogP contribution in [0.1, 0.15) is 74.1 Å². The molecule has 0 atom stereocenters. The summed E-state index contributed by atoms with van der Waals surface area (Å²) in [6, 6.07) is 20.3. The number of ether oxygens (including phenoxy) is 1. The van der Waals surface area contributed by atoms with E-state index in [1.807, 2.05) is 98.2 Å². The fraction of sp³-hybridized carbons (Fsp3) is 0.600. The average Bonchev–Trinajstić information content (AvgIpc) is 3.08. The van der Waals surface area contributed by atoms with Gasteiger partial charge in [0.05, 0.1) is 0 Å². The molecule has 246 valence electrons. The predicted molar refractivity (Wildman–Crippen MR) is 182 cm³/mol. The van der Waals surface area contributed by atoms with Crippen molar-refractivity contribution < 1.29 is 19.4 Å². The van der Waals surface area contributed by atoms with Crippen molar-refractivity contribution in [2.24, 2.45) is 0 Å². The second-order valence-electron chi connectivity index (χ2n) is 10.1. The lowest BCUT2D eigenvalue weighted by molar-refractivity contribution is 0.0656. The monoisotopic (exact) mass is 602 g/mol. The topological polar surface area (TPSA) is 76.6 Å². The van der Waals surface area contributed by atoms with Gasteiger partial charge in [0.15, 0.2) is 0 Å². The lowest BCUT2D eigenvalue weighted by Crippen LogP contribution is -2.44. The normalized spacial score (nSPS) is 14.7. The molecule has 0 unspecified atom stereocenters. The molecule has 0 bridgehead atoms. The number of aliphatic hydroxyl groups excluding tert-OH is 1. The maximum Gasteiger partial charge on any atom is 0.253 e. The van der Waals surface area contributed by atoms with Gasteiger partial charge in [0.25, 0.3) is 11.8 Å². The quantitative estimate of drug-likeness (QED) is 0.489. The Morgan fingerprint density at radius 1 is 0.605 bits per heavy atom. The molecule has 2 saturated heterocycles. The van der Waals surface area contributed by atoms with Crippen LogP contribution in [-0.2, 0) is 4.74 Å². The van der Waals surface area contributed by atoms with Gasteiger partial charge in [0, 0.05) is 70.7 Å². The van der Waals surface area contributed by atoms with Crippen LogP contribution >= 0.6 is 0 Å². The van der Waals surface area contributed by atoms with E-state index in [0.29, 0.717) is 12.1 Å². The van der Waals surface area contributed by atoms with E-state index in [1.165, 1.54) is 0 Å². The summed E-state index contributed by atoms with van der Waals surface area (Å²) in [5, 5.41) is 7.00. The molecule has 2 aliphatic rings. The van der Waals surface area contributed by atoms with E-state index in [2.05, 4.69) is 42.7 Å². The number of benzene rings is 2. The Hall–Kier alpha value is -2.78. The van der Waals surface area contributed by atoms with E-state index >= 15 is 0 Å². The van der Waals surface area contributed by atoms with Crippen LogP contribution in [0.15, 0.2) is 60.7 Å². The fourth-order valence-electron chi connectivity index (χ4n) is 4.70. The van der Waals surface area contributed by atoms with E-state index in [1.54, 1.807) is 14.2 Å². The first-order valence-electron chi connectivity index (χ1n) is 15.6. The van der Waals surface area contributed by atoms with E-state index in [9.17, 15) is 9.59 Å². The summed E-state index contributed by atoms with van der Waals surface area (Å²) in [6.45, 7) is 11.5. The zero-order valence-corrected chi connectivity index (χ0v) is 29.0. The van der Waals surface area contributed by atoms with E-state index in [-0.39, 0.29) is 11.8 Å². The molecule has 0 aromatic heterocycles. The van der Waals surface area contributed by atoms with Crippen molar-refractivity contribution in [2.75, 3.05) is 75.7 Å². The predicted octanol–water partition coefficient (Wildman–Crippen LogP) is 5.63. The number of carbonyl (C=O) groups is 2. The Bertz CT molecular complexity index is 834. The van der Waals surface area contributed by atoms with E-state index in [0.717, 1.165) is 70.1 Å². The Kier molecular flexibility index (Phi) is 26.4. The second-order valence-corrected chi connectivity index (χ2v) is 10.1. The fourth-order valence-corrected chi connectivity index (χ4v) is 4.70. The Morgan fingerprint density at radius 2 is 0.837 bits per heavy atom. The molecular formula is C35H62N4O4. The SMILES string of the molecule is CC.CC.CN(C)C1CCN(C(=O)c2ccccc2)CC1.CN(C)C1CCN(C(=O)c2ccccc2)CC1.CO.COC. The van der Waals surface area contributed by atoms with Crippen LogP contribution in [0.25, 0.3) is 0 Å². The van der Waals surface area contributed by atoms with Gasteiger partial charge in [-0.05, 0) is 78.1 Å². The molecule has 8 nitrogen and oxygen atoms in total. The van der Waals surface area contributed by atoms with Gasteiger partial charge in [-0.3, -0.25) is 9.59 Å². The van der Waals surface area contributed by atoms with Crippen LogP contribution in [0.3, 0.4) is 0 Å². The average molecular weight is 603 g/mol. The van der Waals surface area contributed by atoms with Gasteiger partial charge in [-0.15, -0.1) is 0 Å². The largest absolute Gasteiger partial charge is 0.400 e. The van der Waals surface area contributed by atoms with Crippen molar-refractivity contribution in [1.29, 1.82) is 0 Å². The smallest absolute Gasteiger partial charge is 0.253 e. The number of hydrogen-bond acceptors (Lipinski definition) is 6. The van der Waals surface area contributed by atoms with Crippen LogP contribution in [0.2, 0.25) is 0 Å².